The van der Waals surface area contributed by atoms with Gasteiger partial charge in [-0.15, -0.1) is 0 Å². The molecule has 0 bridgehead atoms. The Morgan fingerprint density at radius 3 is 3.00 bits per heavy atom. The lowest BCUT2D eigenvalue weighted by Gasteiger charge is -2.28. The van der Waals surface area contributed by atoms with Gasteiger partial charge in [-0.2, -0.15) is 0 Å². The first-order chi connectivity index (χ1) is 8.27. The fraction of sp³-hybridized carbons (Fsp3) is 0.571. The van der Waals surface area contributed by atoms with Crippen molar-refractivity contribution in [3.8, 4) is 5.75 Å². The minimum atomic E-state index is 0.174. The lowest BCUT2D eigenvalue weighted by Crippen LogP contribution is -2.33. The Kier molecular flexibility index (Phi) is 4.02. The second-order valence-electron chi connectivity index (χ2n) is 4.82. The molecule has 3 N–H and O–H groups in total. The summed E-state index contributed by atoms with van der Waals surface area (Å²) in [5.41, 5.74) is 5.46. The van der Waals surface area contributed by atoms with Gasteiger partial charge in [0.1, 0.15) is 5.75 Å². The van der Waals surface area contributed by atoms with Gasteiger partial charge < -0.3 is 4.74 Å². The van der Waals surface area contributed by atoms with Crippen molar-refractivity contribution in [3.05, 3.63) is 29.3 Å². The van der Waals surface area contributed by atoms with Crippen LogP contribution in [0.25, 0.3) is 0 Å². The summed E-state index contributed by atoms with van der Waals surface area (Å²) in [6.07, 6.45) is 3.32. The van der Waals surface area contributed by atoms with Gasteiger partial charge in [0.15, 0.2) is 0 Å². The molecule has 3 nitrogen and oxygen atoms in total. The first kappa shape index (κ1) is 12.4. The molecular weight excluding hydrogens is 212 g/mol. The van der Waals surface area contributed by atoms with Gasteiger partial charge in [0.2, 0.25) is 0 Å². The summed E-state index contributed by atoms with van der Waals surface area (Å²) in [7, 11) is 0. The molecule has 0 saturated carbocycles. The monoisotopic (exact) mass is 234 g/mol. The number of para-hydroxylation sites is 1. The standard InChI is InChI=1S/C14H22N2O/c1-3-10(2)13(16-15)12-8-4-6-11-7-5-9-17-14(11)12/h4,6,8,10,13,16H,3,5,7,9,15H2,1-2H3. The highest BCUT2D eigenvalue weighted by Crippen LogP contribution is 2.36. The van der Waals surface area contributed by atoms with E-state index in [9.17, 15) is 0 Å². The minimum Gasteiger partial charge on any atom is -0.493 e. The summed E-state index contributed by atoms with van der Waals surface area (Å²) in [6, 6.07) is 6.56. The van der Waals surface area contributed by atoms with Gasteiger partial charge in [-0.25, -0.2) is 0 Å². The molecule has 0 aromatic heterocycles. The topological polar surface area (TPSA) is 47.3 Å². The molecule has 1 aliphatic heterocycles. The predicted molar refractivity (Wildman–Crippen MR) is 69.8 cm³/mol. The fourth-order valence-electron chi connectivity index (χ4n) is 2.46. The van der Waals surface area contributed by atoms with E-state index in [1.165, 1.54) is 11.1 Å². The molecule has 1 aromatic rings. The van der Waals surface area contributed by atoms with Crippen molar-refractivity contribution in [2.45, 2.75) is 39.2 Å². The molecule has 17 heavy (non-hydrogen) atoms. The Labute approximate surface area is 103 Å². The number of hydrogen-bond donors (Lipinski definition) is 2. The van der Waals surface area contributed by atoms with Crippen LogP contribution in [0.2, 0.25) is 0 Å². The molecule has 2 unspecified atom stereocenters. The molecule has 2 rings (SSSR count). The molecule has 0 amide bonds. The first-order valence-electron chi connectivity index (χ1n) is 6.48. The summed E-state index contributed by atoms with van der Waals surface area (Å²) in [5, 5.41) is 0. The van der Waals surface area contributed by atoms with Gasteiger partial charge in [-0.1, -0.05) is 38.5 Å². The third-order valence-electron chi connectivity index (χ3n) is 3.69. The third kappa shape index (κ3) is 2.45. The van der Waals surface area contributed by atoms with Crippen molar-refractivity contribution in [2.24, 2.45) is 11.8 Å². The number of fused-ring (bicyclic) bond motifs is 1. The number of rotatable bonds is 4. The van der Waals surface area contributed by atoms with E-state index >= 15 is 0 Å². The zero-order chi connectivity index (χ0) is 12.3. The molecule has 0 fully saturated rings. The van der Waals surface area contributed by atoms with Crippen LogP contribution in [0.1, 0.15) is 43.9 Å². The van der Waals surface area contributed by atoms with Gasteiger partial charge in [0, 0.05) is 5.56 Å². The van der Waals surface area contributed by atoms with Crippen LogP contribution >= 0.6 is 0 Å². The number of benzene rings is 1. The third-order valence-corrected chi connectivity index (χ3v) is 3.69. The van der Waals surface area contributed by atoms with Crippen molar-refractivity contribution in [1.29, 1.82) is 0 Å². The number of nitrogens with one attached hydrogen (secondary N) is 1. The normalized spacial score (nSPS) is 18.1. The second kappa shape index (κ2) is 5.52. The molecule has 1 aliphatic rings. The molecule has 2 atom stereocenters. The summed E-state index contributed by atoms with van der Waals surface area (Å²) in [6.45, 7) is 5.22. The maximum atomic E-state index is 5.84. The highest BCUT2D eigenvalue weighted by atomic mass is 16.5. The maximum Gasteiger partial charge on any atom is 0.127 e. The predicted octanol–water partition coefficient (Wildman–Crippen LogP) is 2.56. The van der Waals surface area contributed by atoms with E-state index in [4.69, 9.17) is 10.6 Å². The quantitative estimate of drug-likeness (QED) is 0.622. The van der Waals surface area contributed by atoms with Crippen LogP contribution in [0.5, 0.6) is 5.75 Å². The summed E-state index contributed by atoms with van der Waals surface area (Å²) in [5.74, 6) is 7.26. The van der Waals surface area contributed by atoms with Crippen LogP contribution in [-0.4, -0.2) is 6.61 Å². The van der Waals surface area contributed by atoms with E-state index in [1.807, 2.05) is 0 Å². The average molecular weight is 234 g/mol. The van der Waals surface area contributed by atoms with Crippen LogP contribution < -0.4 is 16.0 Å². The van der Waals surface area contributed by atoms with Crippen molar-refractivity contribution in [3.63, 3.8) is 0 Å². The molecule has 0 radical (unpaired) electrons. The molecule has 1 aromatic carbocycles. The van der Waals surface area contributed by atoms with E-state index in [2.05, 4.69) is 37.5 Å². The first-order valence-corrected chi connectivity index (χ1v) is 6.48. The number of hydrogen-bond acceptors (Lipinski definition) is 3. The number of ether oxygens (including phenoxy) is 1. The summed E-state index contributed by atoms with van der Waals surface area (Å²) < 4.78 is 5.84. The second-order valence-corrected chi connectivity index (χ2v) is 4.82. The molecule has 3 heteroatoms. The minimum absolute atomic E-state index is 0.174. The number of nitrogens with two attached hydrogens (primary N) is 1. The molecular formula is C14H22N2O. The zero-order valence-electron chi connectivity index (χ0n) is 10.7. The van der Waals surface area contributed by atoms with Crippen LogP contribution in [0.15, 0.2) is 18.2 Å². The SMILES string of the molecule is CCC(C)C(NN)c1cccc2c1OCCC2. The largest absolute Gasteiger partial charge is 0.493 e. The zero-order valence-corrected chi connectivity index (χ0v) is 10.7. The van der Waals surface area contributed by atoms with Crippen molar-refractivity contribution < 1.29 is 4.74 Å². The van der Waals surface area contributed by atoms with Crippen molar-refractivity contribution in [2.75, 3.05) is 6.61 Å². The average Bonchev–Trinajstić information content (AvgIpc) is 2.39. The lowest BCUT2D eigenvalue weighted by molar-refractivity contribution is 0.275. The van der Waals surface area contributed by atoms with E-state index in [0.29, 0.717) is 5.92 Å². The highest BCUT2D eigenvalue weighted by molar-refractivity contribution is 5.44. The Bertz CT molecular complexity index is 378. The lowest BCUT2D eigenvalue weighted by atomic mass is 9.90. The van der Waals surface area contributed by atoms with Gasteiger partial charge in [-0.3, -0.25) is 11.3 Å². The maximum absolute atomic E-state index is 5.84. The smallest absolute Gasteiger partial charge is 0.127 e. The van der Waals surface area contributed by atoms with E-state index in [1.54, 1.807) is 0 Å². The van der Waals surface area contributed by atoms with E-state index < -0.39 is 0 Å². The summed E-state index contributed by atoms with van der Waals surface area (Å²) >= 11 is 0. The molecule has 1 heterocycles. The number of hydrazine groups is 1. The Balaban J connectivity index is 2.36. The highest BCUT2D eigenvalue weighted by Gasteiger charge is 2.23. The van der Waals surface area contributed by atoms with E-state index in [0.717, 1.165) is 31.6 Å². The van der Waals surface area contributed by atoms with Gasteiger partial charge in [-0.05, 0) is 24.3 Å². The molecule has 0 spiro atoms. The van der Waals surface area contributed by atoms with Crippen LogP contribution in [0.4, 0.5) is 0 Å². The Hall–Kier alpha value is -1.06. The Morgan fingerprint density at radius 2 is 2.29 bits per heavy atom. The van der Waals surface area contributed by atoms with Crippen LogP contribution in [0, 0.1) is 5.92 Å². The van der Waals surface area contributed by atoms with Gasteiger partial charge in [0.05, 0.1) is 12.6 Å². The molecule has 94 valence electrons. The van der Waals surface area contributed by atoms with Gasteiger partial charge >= 0.3 is 0 Å². The fourth-order valence-corrected chi connectivity index (χ4v) is 2.46. The van der Waals surface area contributed by atoms with Gasteiger partial charge in [0.25, 0.3) is 0 Å². The van der Waals surface area contributed by atoms with Crippen LogP contribution in [0.3, 0.4) is 0 Å². The summed E-state index contributed by atoms with van der Waals surface area (Å²) in [4.78, 5) is 0. The van der Waals surface area contributed by atoms with Crippen molar-refractivity contribution in [1.82, 2.24) is 5.43 Å². The van der Waals surface area contributed by atoms with E-state index in [-0.39, 0.29) is 6.04 Å². The number of aryl methyl sites for hydroxylation is 1. The molecule has 0 saturated heterocycles. The van der Waals surface area contributed by atoms with Crippen molar-refractivity contribution >= 4 is 0 Å². The van der Waals surface area contributed by atoms with Crippen LogP contribution in [-0.2, 0) is 6.42 Å². The Morgan fingerprint density at radius 1 is 1.47 bits per heavy atom. The molecule has 0 aliphatic carbocycles.